The van der Waals surface area contributed by atoms with E-state index in [-0.39, 0.29) is 18.9 Å². The van der Waals surface area contributed by atoms with Crippen LogP contribution in [0.2, 0.25) is 5.02 Å². The molecule has 0 radical (unpaired) electrons. The summed E-state index contributed by atoms with van der Waals surface area (Å²) >= 11 is 6.07. The Morgan fingerprint density at radius 2 is 1.56 bits per heavy atom. The maximum atomic E-state index is 14.1. The van der Waals surface area contributed by atoms with E-state index in [0.717, 1.165) is 25.3 Å². The van der Waals surface area contributed by atoms with Crippen molar-refractivity contribution in [3.05, 3.63) is 100 Å². The largest absolute Gasteiger partial charge is 0.357 e. The van der Waals surface area contributed by atoms with E-state index in [4.69, 9.17) is 11.6 Å². The van der Waals surface area contributed by atoms with Gasteiger partial charge in [-0.25, -0.2) is 4.31 Å². The first-order valence-electron chi connectivity index (χ1n) is 12.5. The highest BCUT2D eigenvalue weighted by molar-refractivity contribution is 7.90. The molecule has 1 atom stereocenters. The maximum Gasteiger partial charge on any atom is 0.304 e. The molecule has 0 aliphatic rings. The van der Waals surface area contributed by atoms with Crippen molar-refractivity contribution in [2.75, 3.05) is 32.0 Å². The molecule has 0 aliphatic carbocycles. The lowest BCUT2D eigenvalue weighted by Crippen LogP contribution is -2.54. The van der Waals surface area contributed by atoms with Crippen molar-refractivity contribution in [2.45, 2.75) is 32.9 Å². The Bertz CT molecular complexity index is 1400. The normalized spacial score (nSPS) is 12.2. The number of benzene rings is 3. The van der Waals surface area contributed by atoms with Crippen LogP contribution in [0.3, 0.4) is 0 Å². The highest BCUT2D eigenvalue weighted by Crippen LogP contribution is 2.26. The number of amides is 2. The first-order valence-corrected chi connectivity index (χ1v) is 14.3. The third-order valence-electron chi connectivity index (χ3n) is 6.44. The predicted molar refractivity (Wildman–Crippen MR) is 156 cm³/mol. The second-order valence-corrected chi connectivity index (χ2v) is 12.1. The molecule has 0 fully saturated rings. The van der Waals surface area contributed by atoms with Gasteiger partial charge in [0.15, 0.2) is 0 Å². The van der Waals surface area contributed by atoms with Gasteiger partial charge in [0.25, 0.3) is 0 Å². The molecular formula is C29H35ClN4O4S. The van der Waals surface area contributed by atoms with E-state index in [2.05, 4.69) is 5.32 Å². The zero-order valence-corrected chi connectivity index (χ0v) is 24.5. The third kappa shape index (κ3) is 7.59. The first-order chi connectivity index (χ1) is 18.4. The molecule has 0 bridgehead atoms. The Hall–Kier alpha value is -3.40. The van der Waals surface area contributed by atoms with E-state index >= 15 is 0 Å². The minimum absolute atomic E-state index is 0.0869. The molecule has 3 aromatic carbocycles. The van der Waals surface area contributed by atoms with E-state index < -0.39 is 28.7 Å². The summed E-state index contributed by atoms with van der Waals surface area (Å²) in [5, 5.41) is 3.22. The molecule has 0 aliphatic heterocycles. The summed E-state index contributed by atoms with van der Waals surface area (Å²) in [6.45, 7) is 3.26. The van der Waals surface area contributed by atoms with Gasteiger partial charge in [0.1, 0.15) is 12.6 Å². The SMILES string of the molecule is CNC(=O)[C@H](Cc1ccccc1)N(Cc1ccc(Cl)cc1)C(=O)CN(c1cc(C)ccc1C)S(=O)(=O)N(C)C. The lowest BCUT2D eigenvalue weighted by atomic mass is 10.0. The van der Waals surface area contributed by atoms with Crippen molar-refractivity contribution in [1.82, 2.24) is 14.5 Å². The van der Waals surface area contributed by atoms with Crippen LogP contribution in [0.25, 0.3) is 0 Å². The summed E-state index contributed by atoms with van der Waals surface area (Å²) in [4.78, 5) is 28.8. The van der Waals surface area contributed by atoms with Gasteiger partial charge in [0.2, 0.25) is 11.8 Å². The smallest absolute Gasteiger partial charge is 0.304 e. The number of hydrogen-bond donors (Lipinski definition) is 1. The summed E-state index contributed by atoms with van der Waals surface area (Å²) in [5.41, 5.74) is 3.58. The molecule has 3 aromatic rings. The number of nitrogens with one attached hydrogen (secondary N) is 1. The van der Waals surface area contributed by atoms with Crippen LogP contribution in [0.5, 0.6) is 0 Å². The number of nitrogens with zero attached hydrogens (tertiary/aromatic N) is 3. The van der Waals surface area contributed by atoms with Gasteiger partial charge in [-0.15, -0.1) is 0 Å². The monoisotopic (exact) mass is 570 g/mol. The van der Waals surface area contributed by atoms with E-state index in [0.29, 0.717) is 16.3 Å². The molecule has 208 valence electrons. The van der Waals surface area contributed by atoms with Crippen LogP contribution in [0.1, 0.15) is 22.3 Å². The lowest BCUT2D eigenvalue weighted by molar-refractivity contribution is -0.139. The molecule has 0 saturated heterocycles. The number of carbonyl (C=O) groups excluding carboxylic acids is 2. The topological polar surface area (TPSA) is 90.0 Å². The van der Waals surface area contributed by atoms with Crippen LogP contribution >= 0.6 is 11.6 Å². The van der Waals surface area contributed by atoms with Gasteiger partial charge in [-0.2, -0.15) is 12.7 Å². The molecule has 0 unspecified atom stereocenters. The van der Waals surface area contributed by atoms with Crippen molar-refractivity contribution in [3.63, 3.8) is 0 Å². The maximum absolute atomic E-state index is 14.1. The summed E-state index contributed by atoms with van der Waals surface area (Å²) in [6, 6.07) is 20.9. The summed E-state index contributed by atoms with van der Waals surface area (Å²) in [6.07, 6.45) is 0.254. The van der Waals surface area contributed by atoms with Crippen LogP contribution < -0.4 is 9.62 Å². The predicted octanol–water partition coefficient (Wildman–Crippen LogP) is 3.96. The number of halogens is 1. The van der Waals surface area contributed by atoms with Crippen LogP contribution in [0.15, 0.2) is 72.8 Å². The Morgan fingerprint density at radius 3 is 2.15 bits per heavy atom. The molecule has 0 spiro atoms. The quantitative estimate of drug-likeness (QED) is 0.378. The van der Waals surface area contributed by atoms with Gasteiger partial charge in [0, 0.05) is 39.1 Å². The molecule has 2 amide bonds. The van der Waals surface area contributed by atoms with Gasteiger partial charge >= 0.3 is 10.2 Å². The number of carbonyl (C=O) groups is 2. The molecule has 39 heavy (non-hydrogen) atoms. The van der Waals surface area contributed by atoms with Crippen LogP contribution in [0, 0.1) is 13.8 Å². The Balaban J connectivity index is 2.09. The van der Waals surface area contributed by atoms with Gasteiger partial charge in [-0.1, -0.05) is 66.2 Å². The van der Waals surface area contributed by atoms with Crippen LogP contribution in [-0.4, -0.2) is 63.2 Å². The van der Waals surface area contributed by atoms with Crippen molar-refractivity contribution < 1.29 is 18.0 Å². The number of likely N-dealkylation sites (N-methyl/N-ethyl adjacent to an activating group) is 1. The fourth-order valence-electron chi connectivity index (χ4n) is 4.20. The minimum Gasteiger partial charge on any atom is -0.357 e. The van der Waals surface area contributed by atoms with E-state index in [1.165, 1.54) is 26.0 Å². The van der Waals surface area contributed by atoms with Crippen molar-refractivity contribution in [2.24, 2.45) is 0 Å². The molecule has 10 heteroatoms. The molecule has 3 rings (SSSR count). The second kappa shape index (κ2) is 13.1. The van der Waals surface area contributed by atoms with Crippen molar-refractivity contribution in [1.29, 1.82) is 0 Å². The Morgan fingerprint density at radius 1 is 0.923 bits per heavy atom. The van der Waals surface area contributed by atoms with Gasteiger partial charge < -0.3 is 10.2 Å². The number of aryl methyl sites for hydroxylation is 2. The molecule has 0 saturated carbocycles. The molecular weight excluding hydrogens is 536 g/mol. The third-order valence-corrected chi connectivity index (χ3v) is 8.49. The Kier molecular flexibility index (Phi) is 10.1. The van der Waals surface area contributed by atoms with Crippen molar-refractivity contribution >= 4 is 39.3 Å². The summed E-state index contributed by atoms with van der Waals surface area (Å²) in [5.74, 6) is -0.865. The number of rotatable bonds is 11. The molecule has 1 N–H and O–H groups in total. The first kappa shape index (κ1) is 30.1. The Labute approximate surface area is 236 Å². The fourth-order valence-corrected chi connectivity index (χ4v) is 5.44. The number of hydrogen-bond acceptors (Lipinski definition) is 4. The van der Waals surface area contributed by atoms with Gasteiger partial charge in [0.05, 0.1) is 5.69 Å². The van der Waals surface area contributed by atoms with E-state index in [1.54, 1.807) is 37.3 Å². The summed E-state index contributed by atoms with van der Waals surface area (Å²) in [7, 11) is 0.316. The molecule has 0 heterocycles. The zero-order valence-electron chi connectivity index (χ0n) is 22.9. The highest BCUT2D eigenvalue weighted by atomic mass is 35.5. The average molecular weight is 571 g/mol. The van der Waals surface area contributed by atoms with E-state index in [1.807, 2.05) is 49.4 Å². The lowest BCUT2D eigenvalue weighted by Gasteiger charge is -2.34. The van der Waals surface area contributed by atoms with Crippen molar-refractivity contribution in [3.8, 4) is 0 Å². The second-order valence-electron chi connectivity index (χ2n) is 9.55. The fraction of sp³-hybridized carbons (Fsp3) is 0.310. The summed E-state index contributed by atoms with van der Waals surface area (Å²) < 4.78 is 29.2. The highest BCUT2D eigenvalue weighted by Gasteiger charge is 2.34. The van der Waals surface area contributed by atoms with E-state index in [9.17, 15) is 18.0 Å². The molecule has 0 aromatic heterocycles. The van der Waals surface area contributed by atoms with Crippen LogP contribution in [0.4, 0.5) is 5.69 Å². The minimum atomic E-state index is -4.05. The average Bonchev–Trinajstić information content (AvgIpc) is 2.91. The molecule has 8 nitrogen and oxygen atoms in total. The number of anilines is 1. The van der Waals surface area contributed by atoms with Gasteiger partial charge in [-0.05, 0) is 54.3 Å². The standard InChI is InChI=1S/C29H35ClN4O4S/c1-21-11-12-22(2)26(17-21)34(39(37,38)32(4)5)20-28(35)33(19-24-13-15-25(30)16-14-24)27(29(36)31-3)18-23-9-7-6-8-10-23/h6-17,27H,18-20H2,1-5H3,(H,31,36)/t27-/m0/s1. The zero-order chi connectivity index (χ0) is 28.7. The van der Waals surface area contributed by atoms with Gasteiger partial charge in [-0.3, -0.25) is 9.59 Å². The van der Waals surface area contributed by atoms with Crippen LogP contribution in [-0.2, 0) is 32.8 Å².